The van der Waals surface area contributed by atoms with Gasteiger partial charge in [-0.25, -0.2) is 4.39 Å². The van der Waals surface area contributed by atoms with E-state index in [1.807, 2.05) is 68.4 Å². The highest BCUT2D eigenvalue weighted by Gasteiger charge is 2.24. The standard InChI is InChI=1S/C26H24FN3O2/c1-18-11-13-21(14-12-18)25-28-24(32-29-25)15-16-30(19(2)20-7-4-3-5-8-20)26(31)22-9-6-10-23(27)17-22/h3-14,17,19H,15-16H2,1-2H3/t19-/m0/s1. The average Bonchev–Trinajstić information content (AvgIpc) is 3.29. The number of carbonyl (C=O) groups is 1. The van der Waals surface area contributed by atoms with Crippen molar-refractivity contribution in [1.82, 2.24) is 15.0 Å². The highest BCUT2D eigenvalue weighted by atomic mass is 19.1. The smallest absolute Gasteiger partial charge is 0.254 e. The molecule has 1 aromatic heterocycles. The largest absolute Gasteiger partial charge is 0.339 e. The van der Waals surface area contributed by atoms with Crippen LogP contribution in [0, 0.1) is 12.7 Å². The highest BCUT2D eigenvalue weighted by Crippen LogP contribution is 2.23. The van der Waals surface area contributed by atoms with Crippen LogP contribution in [0.25, 0.3) is 11.4 Å². The van der Waals surface area contributed by atoms with Crippen LogP contribution in [0.4, 0.5) is 4.39 Å². The summed E-state index contributed by atoms with van der Waals surface area (Å²) in [5.74, 6) is 0.263. The SMILES string of the molecule is Cc1ccc(-c2noc(CCN(C(=O)c3cccc(F)c3)[C@@H](C)c3ccccc3)n2)cc1. The van der Waals surface area contributed by atoms with Crippen molar-refractivity contribution < 1.29 is 13.7 Å². The number of carbonyl (C=O) groups excluding carboxylic acids is 1. The molecule has 0 unspecified atom stereocenters. The summed E-state index contributed by atoms with van der Waals surface area (Å²) in [6.07, 6.45) is 0.386. The van der Waals surface area contributed by atoms with Gasteiger partial charge in [-0.3, -0.25) is 4.79 Å². The third-order valence-corrected chi connectivity index (χ3v) is 5.43. The minimum Gasteiger partial charge on any atom is -0.339 e. The molecule has 4 aromatic rings. The maximum atomic E-state index is 13.8. The number of benzene rings is 3. The summed E-state index contributed by atoms with van der Waals surface area (Å²) >= 11 is 0. The lowest BCUT2D eigenvalue weighted by atomic mass is 10.0. The molecule has 4 rings (SSSR count). The Kier molecular flexibility index (Phi) is 6.40. The van der Waals surface area contributed by atoms with Gasteiger partial charge in [-0.05, 0) is 37.6 Å². The van der Waals surface area contributed by atoms with Gasteiger partial charge < -0.3 is 9.42 Å². The topological polar surface area (TPSA) is 59.2 Å². The summed E-state index contributed by atoms with van der Waals surface area (Å²) in [5, 5.41) is 4.07. The summed E-state index contributed by atoms with van der Waals surface area (Å²) in [7, 11) is 0. The first-order valence-electron chi connectivity index (χ1n) is 10.5. The summed E-state index contributed by atoms with van der Waals surface area (Å²) in [6.45, 7) is 4.32. The van der Waals surface area contributed by atoms with Gasteiger partial charge in [-0.15, -0.1) is 0 Å². The van der Waals surface area contributed by atoms with Crippen molar-refractivity contribution in [3.05, 3.63) is 107 Å². The van der Waals surface area contributed by atoms with Crippen LogP contribution in [-0.2, 0) is 6.42 Å². The van der Waals surface area contributed by atoms with E-state index < -0.39 is 5.82 Å². The summed E-state index contributed by atoms with van der Waals surface area (Å²) in [6, 6.07) is 23.1. The Hall–Kier alpha value is -3.80. The molecule has 0 N–H and O–H groups in total. The van der Waals surface area contributed by atoms with Gasteiger partial charge in [0.1, 0.15) is 5.82 Å². The molecule has 6 heteroatoms. The fraction of sp³-hybridized carbons (Fsp3) is 0.192. The van der Waals surface area contributed by atoms with Gasteiger partial charge >= 0.3 is 0 Å². The minimum absolute atomic E-state index is 0.216. The lowest BCUT2D eigenvalue weighted by molar-refractivity contribution is 0.0688. The molecule has 3 aromatic carbocycles. The molecule has 0 radical (unpaired) electrons. The zero-order chi connectivity index (χ0) is 22.5. The van der Waals surface area contributed by atoms with Gasteiger partial charge in [0.05, 0.1) is 6.04 Å². The maximum Gasteiger partial charge on any atom is 0.254 e. The van der Waals surface area contributed by atoms with E-state index in [9.17, 15) is 9.18 Å². The summed E-state index contributed by atoms with van der Waals surface area (Å²) in [4.78, 5) is 19.5. The van der Waals surface area contributed by atoms with Crippen molar-refractivity contribution >= 4 is 5.91 Å². The predicted octanol–water partition coefficient (Wildman–Crippen LogP) is 5.63. The van der Waals surface area contributed by atoms with Crippen LogP contribution in [0.2, 0.25) is 0 Å². The normalized spacial score (nSPS) is 11.8. The number of aromatic nitrogens is 2. The Morgan fingerprint density at radius 2 is 1.78 bits per heavy atom. The molecule has 0 bridgehead atoms. The van der Waals surface area contributed by atoms with E-state index in [0.29, 0.717) is 30.2 Å². The molecule has 0 aliphatic carbocycles. The molecule has 0 aliphatic rings. The molecule has 0 saturated heterocycles. The quantitative estimate of drug-likeness (QED) is 0.382. The van der Waals surface area contributed by atoms with E-state index in [-0.39, 0.29) is 11.9 Å². The number of hydrogen-bond acceptors (Lipinski definition) is 4. The van der Waals surface area contributed by atoms with Crippen molar-refractivity contribution in [1.29, 1.82) is 0 Å². The van der Waals surface area contributed by atoms with E-state index in [4.69, 9.17) is 4.52 Å². The van der Waals surface area contributed by atoms with Crippen LogP contribution in [0.15, 0.2) is 83.4 Å². The lowest BCUT2D eigenvalue weighted by Crippen LogP contribution is -2.35. The van der Waals surface area contributed by atoms with Gasteiger partial charge in [0.2, 0.25) is 11.7 Å². The lowest BCUT2D eigenvalue weighted by Gasteiger charge is -2.29. The molecule has 1 heterocycles. The minimum atomic E-state index is -0.442. The first kappa shape index (κ1) is 21.4. The van der Waals surface area contributed by atoms with E-state index in [1.165, 1.54) is 12.1 Å². The summed E-state index contributed by atoms with van der Waals surface area (Å²) < 4.78 is 19.2. The highest BCUT2D eigenvalue weighted by molar-refractivity contribution is 5.94. The first-order chi connectivity index (χ1) is 15.5. The van der Waals surface area contributed by atoms with Gasteiger partial charge in [-0.1, -0.05) is 71.4 Å². The molecular weight excluding hydrogens is 405 g/mol. The number of hydrogen-bond donors (Lipinski definition) is 0. The Balaban J connectivity index is 1.55. The van der Waals surface area contributed by atoms with Crippen LogP contribution in [0.3, 0.4) is 0 Å². The Bertz CT molecular complexity index is 1190. The van der Waals surface area contributed by atoms with Crippen molar-refractivity contribution in [3.8, 4) is 11.4 Å². The van der Waals surface area contributed by atoms with Crippen molar-refractivity contribution in [3.63, 3.8) is 0 Å². The van der Waals surface area contributed by atoms with Crippen LogP contribution in [-0.4, -0.2) is 27.5 Å². The third kappa shape index (κ3) is 4.91. The molecule has 0 fully saturated rings. The average molecular weight is 429 g/mol. The molecule has 1 amide bonds. The van der Waals surface area contributed by atoms with Crippen LogP contribution >= 0.6 is 0 Å². The Morgan fingerprint density at radius 1 is 1.03 bits per heavy atom. The number of amides is 1. The van der Waals surface area contributed by atoms with Crippen LogP contribution < -0.4 is 0 Å². The van der Waals surface area contributed by atoms with E-state index in [2.05, 4.69) is 10.1 Å². The second kappa shape index (κ2) is 9.56. The van der Waals surface area contributed by atoms with E-state index in [1.54, 1.807) is 17.0 Å². The molecule has 1 atom stereocenters. The van der Waals surface area contributed by atoms with Crippen molar-refractivity contribution in [2.75, 3.05) is 6.54 Å². The van der Waals surface area contributed by atoms with Gasteiger partial charge in [-0.2, -0.15) is 4.98 Å². The van der Waals surface area contributed by atoms with E-state index >= 15 is 0 Å². The second-order valence-corrected chi connectivity index (χ2v) is 7.72. The molecule has 0 spiro atoms. The zero-order valence-electron chi connectivity index (χ0n) is 18.0. The van der Waals surface area contributed by atoms with E-state index in [0.717, 1.165) is 16.7 Å². The fourth-order valence-corrected chi connectivity index (χ4v) is 3.56. The number of rotatable bonds is 7. The Morgan fingerprint density at radius 3 is 2.50 bits per heavy atom. The summed E-state index contributed by atoms with van der Waals surface area (Å²) in [5.41, 5.74) is 3.32. The molecule has 32 heavy (non-hydrogen) atoms. The Labute approximate surface area is 186 Å². The molecule has 0 aliphatic heterocycles. The predicted molar refractivity (Wildman–Crippen MR) is 120 cm³/mol. The van der Waals surface area contributed by atoms with Gasteiger partial charge in [0.25, 0.3) is 5.91 Å². The maximum absolute atomic E-state index is 13.8. The number of nitrogens with zero attached hydrogens (tertiary/aromatic N) is 3. The monoisotopic (exact) mass is 429 g/mol. The van der Waals surface area contributed by atoms with Crippen LogP contribution in [0.5, 0.6) is 0 Å². The molecule has 5 nitrogen and oxygen atoms in total. The number of aryl methyl sites for hydroxylation is 1. The van der Waals surface area contributed by atoms with Crippen molar-refractivity contribution in [2.24, 2.45) is 0 Å². The van der Waals surface area contributed by atoms with Crippen molar-refractivity contribution in [2.45, 2.75) is 26.3 Å². The zero-order valence-corrected chi connectivity index (χ0v) is 18.0. The molecule has 0 saturated carbocycles. The van der Waals surface area contributed by atoms with Gasteiger partial charge in [0, 0.05) is 24.1 Å². The van der Waals surface area contributed by atoms with Crippen LogP contribution in [0.1, 0.15) is 40.3 Å². The van der Waals surface area contributed by atoms with Gasteiger partial charge in [0.15, 0.2) is 0 Å². The first-order valence-corrected chi connectivity index (χ1v) is 10.5. The fourth-order valence-electron chi connectivity index (χ4n) is 3.56. The molecule has 162 valence electrons. The molecular formula is C26H24FN3O2. The second-order valence-electron chi connectivity index (χ2n) is 7.72. The number of halogens is 1. The third-order valence-electron chi connectivity index (χ3n) is 5.43.